The zero-order valence-electron chi connectivity index (χ0n) is 12.7. The maximum atomic E-state index is 12.4. The minimum absolute atomic E-state index is 0.0486. The molecule has 0 radical (unpaired) electrons. The molecular weight excluding hydrogens is 328 g/mol. The van der Waals surface area contributed by atoms with Crippen molar-refractivity contribution in [1.82, 2.24) is 5.32 Å². The number of hydrogen-bond acceptors (Lipinski definition) is 5. The predicted molar refractivity (Wildman–Crippen MR) is 90.3 cm³/mol. The zero-order valence-corrected chi connectivity index (χ0v) is 13.6. The topological polar surface area (TPSA) is 95.3 Å². The van der Waals surface area contributed by atoms with Crippen LogP contribution in [0, 0.1) is 17.0 Å². The highest BCUT2D eigenvalue weighted by atomic mass is 32.1. The van der Waals surface area contributed by atoms with E-state index >= 15 is 0 Å². The van der Waals surface area contributed by atoms with Crippen molar-refractivity contribution in [2.75, 3.05) is 0 Å². The Morgan fingerprint density at radius 3 is 2.71 bits per heavy atom. The molecule has 0 aliphatic rings. The average Bonchev–Trinajstić information content (AvgIpc) is 2.91. The van der Waals surface area contributed by atoms with E-state index in [9.17, 15) is 20.0 Å². The van der Waals surface area contributed by atoms with Crippen LogP contribution in [-0.2, 0) is 6.54 Å². The number of benzene rings is 2. The lowest BCUT2D eigenvalue weighted by Gasteiger charge is -2.13. The van der Waals surface area contributed by atoms with E-state index in [2.05, 4.69) is 5.32 Å². The van der Waals surface area contributed by atoms with E-state index in [0.717, 1.165) is 27.8 Å². The molecule has 2 aromatic carbocycles. The Labute approximate surface area is 141 Å². The maximum absolute atomic E-state index is 12.4. The van der Waals surface area contributed by atoms with Gasteiger partial charge in [-0.15, -0.1) is 17.1 Å². The van der Waals surface area contributed by atoms with Gasteiger partial charge in [-0.3, -0.25) is 14.9 Å². The highest BCUT2D eigenvalue weighted by molar-refractivity contribution is 7.21. The molecule has 24 heavy (non-hydrogen) atoms. The molecule has 1 N–H and O–H groups in total. The number of hydrogen-bond donors (Lipinski definition) is 1. The van der Waals surface area contributed by atoms with Crippen LogP contribution < -0.4 is 10.4 Å². The van der Waals surface area contributed by atoms with Crippen LogP contribution in [0.5, 0.6) is 5.75 Å². The number of aryl methyl sites for hydroxylation is 1. The van der Waals surface area contributed by atoms with Gasteiger partial charge in [0.1, 0.15) is 0 Å². The number of amides is 1. The molecule has 3 rings (SSSR count). The second-order valence-electron chi connectivity index (χ2n) is 5.28. The third-order valence-electron chi connectivity index (χ3n) is 3.74. The third kappa shape index (κ3) is 2.93. The highest BCUT2D eigenvalue weighted by Gasteiger charge is 2.15. The van der Waals surface area contributed by atoms with Gasteiger partial charge in [-0.25, -0.2) is 0 Å². The van der Waals surface area contributed by atoms with Crippen molar-refractivity contribution in [3.63, 3.8) is 0 Å². The molecule has 0 atom stereocenters. The van der Waals surface area contributed by atoms with Crippen LogP contribution in [0.15, 0.2) is 42.5 Å². The first-order valence-corrected chi connectivity index (χ1v) is 7.99. The normalized spacial score (nSPS) is 10.7. The molecule has 0 saturated heterocycles. The average molecular weight is 341 g/mol. The van der Waals surface area contributed by atoms with Gasteiger partial charge < -0.3 is 10.4 Å². The lowest BCUT2D eigenvalue weighted by Crippen LogP contribution is -2.23. The number of thiophene rings is 1. The Morgan fingerprint density at radius 2 is 2.00 bits per heavy atom. The van der Waals surface area contributed by atoms with Crippen molar-refractivity contribution < 1.29 is 14.8 Å². The van der Waals surface area contributed by atoms with Gasteiger partial charge in [-0.1, -0.05) is 24.3 Å². The summed E-state index contributed by atoms with van der Waals surface area (Å²) in [6.45, 7) is 1.83. The van der Waals surface area contributed by atoms with Gasteiger partial charge >= 0.3 is 0 Å². The lowest BCUT2D eigenvalue weighted by molar-refractivity contribution is -0.385. The molecule has 0 bridgehead atoms. The molecule has 0 aliphatic heterocycles. The van der Waals surface area contributed by atoms with Crippen molar-refractivity contribution in [1.29, 1.82) is 0 Å². The molecule has 1 amide bonds. The van der Waals surface area contributed by atoms with Gasteiger partial charge in [0.05, 0.1) is 9.80 Å². The minimum Gasteiger partial charge on any atom is -0.872 e. The Kier molecular flexibility index (Phi) is 4.18. The van der Waals surface area contributed by atoms with Crippen molar-refractivity contribution >= 4 is 33.0 Å². The van der Waals surface area contributed by atoms with Gasteiger partial charge in [0.15, 0.2) is 0 Å². The summed E-state index contributed by atoms with van der Waals surface area (Å²) in [5, 5.41) is 26.3. The summed E-state index contributed by atoms with van der Waals surface area (Å²) in [5.74, 6) is -0.631. The Hall–Kier alpha value is -2.93. The monoisotopic (exact) mass is 341 g/mol. The number of nitrogens with one attached hydrogen (secondary N) is 1. The molecule has 1 heterocycles. The molecule has 0 unspecified atom stereocenters. The maximum Gasteiger partial charge on any atom is 0.269 e. The molecule has 1 aromatic heterocycles. The SMILES string of the molecule is Cc1c(C(=O)NCc2cc([N+](=O)[O-])ccc2[O-])sc2ccccc12. The summed E-state index contributed by atoms with van der Waals surface area (Å²) in [6, 6.07) is 11.2. The molecule has 0 saturated carbocycles. The van der Waals surface area contributed by atoms with Crippen LogP contribution in [0.3, 0.4) is 0 Å². The first-order valence-electron chi connectivity index (χ1n) is 7.18. The van der Waals surface area contributed by atoms with E-state index in [1.54, 1.807) is 0 Å². The van der Waals surface area contributed by atoms with Gasteiger partial charge in [0.2, 0.25) is 0 Å². The van der Waals surface area contributed by atoms with E-state index in [1.165, 1.54) is 17.4 Å². The van der Waals surface area contributed by atoms with Crippen LogP contribution in [-0.4, -0.2) is 10.8 Å². The molecule has 0 aliphatic carbocycles. The summed E-state index contributed by atoms with van der Waals surface area (Å²) in [5.41, 5.74) is 0.905. The van der Waals surface area contributed by atoms with Crippen LogP contribution in [0.1, 0.15) is 20.8 Å². The van der Waals surface area contributed by atoms with Crippen LogP contribution >= 0.6 is 11.3 Å². The fourth-order valence-electron chi connectivity index (χ4n) is 2.46. The number of carbonyl (C=O) groups is 1. The Bertz CT molecular complexity index is 949. The summed E-state index contributed by atoms with van der Waals surface area (Å²) in [6.07, 6.45) is 0. The molecule has 0 spiro atoms. The fraction of sp³-hybridized carbons (Fsp3) is 0.118. The van der Waals surface area contributed by atoms with E-state index in [0.29, 0.717) is 4.88 Å². The van der Waals surface area contributed by atoms with Crippen molar-refractivity contribution in [3.8, 4) is 5.75 Å². The molecule has 122 valence electrons. The Morgan fingerprint density at radius 1 is 1.25 bits per heavy atom. The smallest absolute Gasteiger partial charge is 0.269 e. The summed E-state index contributed by atoms with van der Waals surface area (Å²) in [7, 11) is 0. The van der Waals surface area contributed by atoms with Crippen LogP contribution in [0.2, 0.25) is 0 Å². The van der Waals surface area contributed by atoms with Gasteiger partial charge in [-0.2, -0.15) is 0 Å². The highest BCUT2D eigenvalue weighted by Crippen LogP contribution is 2.30. The van der Waals surface area contributed by atoms with Crippen molar-refractivity contribution in [3.05, 3.63) is 68.6 Å². The molecule has 7 heteroatoms. The van der Waals surface area contributed by atoms with Gasteiger partial charge in [0, 0.05) is 23.4 Å². The van der Waals surface area contributed by atoms with Crippen molar-refractivity contribution in [2.45, 2.75) is 13.5 Å². The molecule has 6 nitrogen and oxygen atoms in total. The number of carbonyl (C=O) groups excluding carboxylic acids is 1. The second-order valence-corrected chi connectivity index (χ2v) is 6.34. The van der Waals surface area contributed by atoms with Gasteiger partial charge in [-0.05, 0) is 29.5 Å². The zero-order chi connectivity index (χ0) is 17.3. The number of rotatable bonds is 4. The summed E-state index contributed by atoms with van der Waals surface area (Å²) in [4.78, 5) is 23.2. The quantitative estimate of drug-likeness (QED) is 0.582. The largest absolute Gasteiger partial charge is 0.872 e. The predicted octanol–water partition coefficient (Wildman–Crippen LogP) is 3.12. The summed E-state index contributed by atoms with van der Waals surface area (Å²) >= 11 is 1.38. The number of nitro groups is 1. The van der Waals surface area contributed by atoms with E-state index in [1.807, 2.05) is 31.2 Å². The standard InChI is InChI=1S/C17H14N2O4S/c1-10-13-4-2-3-5-15(13)24-16(10)17(21)18-9-11-8-12(19(22)23)6-7-14(11)20/h2-8,20H,9H2,1H3,(H,18,21)/p-1. The number of fused-ring (bicyclic) bond motifs is 1. The van der Waals surface area contributed by atoms with E-state index in [-0.39, 0.29) is 29.5 Å². The number of nitrogens with zero attached hydrogens (tertiary/aromatic N) is 1. The van der Waals surface area contributed by atoms with E-state index in [4.69, 9.17) is 0 Å². The summed E-state index contributed by atoms with van der Waals surface area (Å²) < 4.78 is 1.01. The number of nitro benzene ring substituents is 1. The van der Waals surface area contributed by atoms with Crippen LogP contribution in [0.4, 0.5) is 5.69 Å². The van der Waals surface area contributed by atoms with Crippen LogP contribution in [0.25, 0.3) is 10.1 Å². The van der Waals surface area contributed by atoms with Crippen molar-refractivity contribution in [2.24, 2.45) is 0 Å². The van der Waals surface area contributed by atoms with Gasteiger partial charge in [0.25, 0.3) is 11.6 Å². The second kappa shape index (κ2) is 6.29. The molecule has 0 fully saturated rings. The minimum atomic E-state index is -0.569. The first kappa shape index (κ1) is 15.9. The molecule has 3 aromatic rings. The first-order chi connectivity index (χ1) is 11.5. The third-order valence-corrected chi connectivity index (χ3v) is 5.02. The van der Waals surface area contributed by atoms with E-state index < -0.39 is 4.92 Å². The Balaban J connectivity index is 1.81. The molecular formula is C17H13N2O4S-. The lowest BCUT2D eigenvalue weighted by atomic mass is 10.1. The number of non-ortho nitro benzene ring substituents is 1. The fourth-order valence-corrected chi connectivity index (χ4v) is 3.59.